The van der Waals surface area contributed by atoms with Gasteiger partial charge in [0.2, 0.25) is 0 Å². The number of aliphatic hydroxyl groups is 1. The summed E-state index contributed by atoms with van der Waals surface area (Å²) in [7, 11) is 0. The Labute approximate surface area is 141 Å². The number of hydrogen-bond acceptors (Lipinski definition) is 2. The lowest BCUT2D eigenvalue weighted by Crippen LogP contribution is -2.32. The fourth-order valence-corrected chi connectivity index (χ4v) is 3.42. The summed E-state index contributed by atoms with van der Waals surface area (Å²) in [4.78, 5) is 17.8. The van der Waals surface area contributed by atoms with Crippen LogP contribution in [0.2, 0.25) is 0 Å². The van der Waals surface area contributed by atoms with Crippen LogP contribution in [0.5, 0.6) is 0 Å². The quantitative estimate of drug-likeness (QED) is 0.902. The lowest BCUT2D eigenvalue weighted by atomic mass is 9.98. The average Bonchev–Trinajstić information content (AvgIpc) is 2.95. The van der Waals surface area contributed by atoms with E-state index in [1.807, 2.05) is 4.90 Å². The van der Waals surface area contributed by atoms with E-state index in [9.17, 15) is 9.18 Å². The second-order valence-electron chi connectivity index (χ2n) is 6.39. The van der Waals surface area contributed by atoms with E-state index in [2.05, 4.69) is 4.98 Å². The van der Waals surface area contributed by atoms with E-state index < -0.39 is 0 Å². The first-order chi connectivity index (χ1) is 11.7. The van der Waals surface area contributed by atoms with E-state index in [1.165, 1.54) is 12.1 Å². The molecule has 0 bridgehead atoms. The Morgan fingerprint density at radius 2 is 2.00 bits per heavy atom. The molecular formula is C19H23FN2O2. The first-order valence-corrected chi connectivity index (χ1v) is 8.52. The summed E-state index contributed by atoms with van der Waals surface area (Å²) in [5, 5.41) is 9.11. The Balaban J connectivity index is 1.76. The van der Waals surface area contributed by atoms with Crippen LogP contribution in [0.3, 0.4) is 0 Å². The van der Waals surface area contributed by atoms with E-state index in [4.69, 9.17) is 5.11 Å². The third-order valence-corrected chi connectivity index (χ3v) is 4.80. The zero-order valence-corrected chi connectivity index (χ0v) is 13.7. The standard InChI is InChI=1S/C19H23FN2O2/c20-16-5-3-15(4-6-16)17-12-21-13-18(17)19(24)22-9-1-2-14(7-10-22)8-11-23/h3-6,12-14,21,23H,1-2,7-11H2. The van der Waals surface area contributed by atoms with Crippen LogP contribution in [0.4, 0.5) is 4.39 Å². The molecule has 1 aromatic heterocycles. The molecule has 0 aliphatic carbocycles. The van der Waals surface area contributed by atoms with E-state index >= 15 is 0 Å². The summed E-state index contributed by atoms with van der Waals surface area (Å²) in [6, 6.07) is 6.19. The molecule has 1 aliphatic rings. The van der Waals surface area contributed by atoms with Gasteiger partial charge in [0.05, 0.1) is 5.56 Å². The molecule has 5 heteroatoms. The number of nitrogens with zero attached hydrogens (tertiary/aromatic N) is 1. The molecule has 1 saturated heterocycles. The lowest BCUT2D eigenvalue weighted by Gasteiger charge is -2.21. The fraction of sp³-hybridized carbons (Fsp3) is 0.421. The maximum absolute atomic E-state index is 13.1. The molecule has 0 saturated carbocycles. The van der Waals surface area contributed by atoms with Crippen molar-refractivity contribution < 1.29 is 14.3 Å². The number of aromatic amines is 1. The van der Waals surface area contributed by atoms with Gasteiger partial charge in [-0.15, -0.1) is 0 Å². The third kappa shape index (κ3) is 3.67. The molecule has 0 spiro atoms. The van der Waals surface area contributed by atoms with Gasteiger partial charge in [-0.3, -0.25) is 4.79 Å². The molecule has 1 fully saturated rings. The number of hydrogen-bond donors (Lipinski definition) is 2. The van der Waals surface area contributed by atoms with Crippen LogP contribution in [0.15, 0.2) is 36.7 Å². The van der Waals surface area contributed by atoms with Gasteiger partial charge in [-0.05, 0) is 49.3 Å². The van der Waals surface area contributed by atoms with Crippen molar-refractivity contribution in [3.05, 3.63) is 48.0 Å². The molecular weight excluding hydrogens is 307 g/mol. The molecule has 2 N–H and O–H groups in total. The van der Waals surface area contributed by atoms with Gasteiger partial charge >= 0.3 is 0 Å². The Morgan fingerprint density at radius 3 is 2.75 bits per heavy atom. The molecule has 2 heterocycles. The van der Waals surface area contributed by atoms with Crippen molar-refractivity contribution in [3.8, 4) is 11.1 Å². The highest BCUT2D eigenvalue weighted by Gasteiger charge is 2.24. The summed E-state index contributed by atoms with van der Waals surface area (Å²) in [6.07, 6.45) is 7.27. The van der Waals surface area contributed by atoms with Crippen molar-refractivity contribution in [1.29, 1.82) is 0 Å². The van der Waals surface area contributed by atoms with Crippen LogP contribution >= 0.6 is 0 Å². The first-order valence-electron chi connectivity index (χ1n) is 8.52. The van der Waals surface area contributed by atoms with Crippen molar-refractivity contribution >= 4 is 5.91 Å². The van der Waals surface area contributed by atoms with Gasteiger partial charge < -0.3 is 15.0 Å². The zero-order valence-electron chi connectivity index (χ0n) is 13.7. The number of aromatic nitrogens is 1. The number of likely N-dealkylation sites (tertiary alicyclic amines) is 1. The number of carbonyl (C=O) groups excluding carboxylic acids is 1. The highest BCUT2D eigenvalue weighted by atomic mass is 19.1. The number of aliphatic hydroxyl groups excluding tert-OH is 1. The first kappa shape index (κ1) is 16.7. The summed E-state index contributed by atoms with van der Waals surface area (Å²) in [5.41, 5.74) is 2.26. The number of halogens is 1. The Hall–Kier alpha value is -2.14. The summed E-state index contributed by atoms with van der Waals surface area (Å²) in [5.74, 6) is 0.223. The predicted octanol–water partition coefficient (Wildman–Crippen LogP) is 3.45. The van der Waals surface area contributed by atoms with Crippen molar-refractivity contribution in [2.75, 3.05) is 19.7 Å². The Kier molecular flexibility index (Phi) is 5.30. The number of nitrogens with one attached hydrogen (secondary N) is 1. The zero-order chi connectivity index (χ0) is 16.9. The van der Waals surface area contributed by atoms with Gasteiger partial charge in [-0.2, -0.15) is 0 Å². The van der Waals surface area contributed by atoms with E-state index in [0.29, 0.717) is 11.5 Å². The van der Waals surface area contributed by atoms with Gasteiger partial charge in [0.15, 0.2) is 0 Å². The minimum absolute atomic E-state index is 0.0141. The van der Waals surface area contributed by atoms with Gasteiger partial charge in [0.1, 0.15) is 5.82 Å². The molecule has 2 aromatic rings. The largest absolute Gasteiger partial charge is 0.396 e. The minimum atomic E-state index is -0.287. The van der Waals surface area contributed by atoms with Gasteiger partial charge in [0, 0.05) is 37.7 Å². The second kappa shape index (κ2) is 7.62. The SMILES string of the molecule is O=C(c1c[nH]cc1-c1ccc(F)cc1)N1CCCC(CCO)CC1. The molecule has 0 radical (unpaired) electrons. The molecule has 1 amide bonds. The van der Waals surface area contributed by atoms with E-state index in [-0.39, 0.29) is 18.3 Å². The summed E-state index contributed by atoms with van der Waals surface area (Å²) in [6.45, 7) is 1.68. The van der Waals surface area contributed by atoms with Gasteiger partial charge in [-0.1, -0.05) is 12.1 Å². The average molecular weight is 330 g/mol. The summed E-state index contributed by atoms with van der Waals surface area (Å²) < 4.78 is 13.1. The number of amides is 1. The molecule has 128 valence electrons. The van der Waals surface area contributed by atoms with Crippen LogP contribution in [-0.2, 0) is 0 Å². The minimum Gasteiger partial charge on any atom is -0.396 e. The molecule has 24 heavy (non-hydrogen) atoms. The smallest absolute Gasteiger partial charge is 0.256 e. The third-order valence-electron chi connectivity index (χ3n) is 4.80. The Bertz CT molecular complexity index is 681. The molecule has 1 atom stereocenters. The maximum atomic E-state index is 13.1. The molecule has 1 unspecified atom stereocenters. The highest BCUT2D eigenvalue weighted by Crippen LogP contribution is 2.27. The number of benzene rings is 1. The van der Waals surface area contributed by atoms with Crippen molar-refractivity contribution in [2.24, 2.45) is 5.92 Å². The Morgan fingerprint density at radius 1 is 1.21 bits per heavy atom. The normalized spacial score (nSPS) is 18.4. The number of H-pyrrole nitrogens is 1. The molecule has 3 rings (SSSR count). The summed E-state index contributed by atoms with van der Waals surface area (Å²) >= 11 is 0. The van der Waals surface area contributed by atoms with Crippen LogP contribution in [0, 0.1) is 11.7 Å². The second-order valence-corrected chi connectivity index (χ2v) is 6.39. The highest BCUT2D eigenvalue weighted by molar-refractivity contribution is 6.00. The lowest BCUT2D eigenvalue weighted by molar-refractivity contribution is 0.0760. The predicted molar refractivity (Wildman–Crippen MR) is 91.1 cm³/mol. The topological polar surface area (TPSA) is 56.3 Å². The van der Waals surface area contributed by atoms with Gasteiger partial charge in [-0.25, -0.2) is 4.39 Å². The molecule has 1 aromatic carbocycles. The monoisotopic (exact) mass is 330 g/mol. The van der Waals surface area contributed by atoms with Crippen LogP contribution in [0.1, 0.15) is 36.0 Å². The van der Waals surface area contributed by atoms with Crippen LogP contribution in [0.25, 0.3) is 11.1 Å². The molecule has 4 nitrogen and oxygen atoms in total. The maximum Gasteiger partial charge on any atom is 0.256 e. The van der Waals surface area contributed by atoms with E-state index in [1.54, 1.807) is 24.5 Å². The fourth-order valence-electron chi connectivity index (χ4n) is 3.42. The van der Waals surface area contributed by atoms with Gasteiger partial charge in [0.25, 0.3) is 5.91 Å². The van der Waals surface area contributed by atoms with Crippen molar-refractivity contribution in [1.82, 2.24) is 9.88 Å². The number of carbonyl (C=O) groups is 1. The number of rotatable bonds is 4. The van der Waals surface area contributed by atoms with Crippen LogP contribution in [-0.4, -0.2) is 40.6 Å². The van der Waals surface area contributed by atoms with Crippen molar-refractivity contribution in [3.63, 3.8) is 0 Å². The van der Waals surface area contributed by atoms with Crippen molar-refractivity contribution in [2.45, 2.75) is 25.7 Å². The molecule has 1 aliphatic heterocycles. The van der Waals surface area contributed by atoms with E-state index in [0.717, 1.165) is 49.9 Å². The van der Waals surface area contributed by atoms with Crippen LogP contribution < -0.4 is 0 Å².